The van der Waals surface area contributed by atoms with Crippen LogP contribution in [-0.2, 0) is 11.3 Å². The van der Waals surface area contributed by atoms with Gasteiger partial charge in [0.1, 0.15) is 18.6 Å². The lowest BCUT2D eigenvalue weighted by Gasteiger charge is -2.12. The largest absolute Gasteiger partial charge is 0.459 e. The number of nitrogens with one attached hydrogen (secondary N) is 1. The molecule has 2 aromatic heterocycles. The van der Waals surface area contributed by atoms with Crippen LogP contribution in [0.15, 0.2) is 82.0 Å². The highest BCUT2D eigenvalue weighted by molar-refractivity contribution is 6.07. The van der Waals surface area contributed by atoms with Crippen LogP contribution in [0.3, 0.4) is 0 Å². The minimum Gasteiger partial charge on any atom is -0.459 e. The molecule has 2 aromatic carbocycles. The third-order valence-electron chi connectivity index (χ3n) is 4.40. The summed E-state index contributed by atoms with van der Waals surface area (Å²) in [6.45, 7) is 1.73. The van der Waals surface area contributed by atoms with Crippen molar-refractivity contribution < 1.29 is 23.2 Å². The summed E-state index contributed by atoms with van der Waals surface area (Å²) in [6, 6.07) is 17.7. The van der Waals surface area contributed by atoms with Crippen molar-refractivity contribution in [3.05, 3.63) is 95.8 Å². The van der Waals surface area contributed by atoms with Crippen molar-refractivity contribution in [1.29, 1.82) is 0 Å². The summed E-state index contributed by atoms with van der Waals surface area (Å²) in [7, 11) is 0. The number of furan rings is 1. The number of hydrogen-bond acceptors (Lipinski definition) is 6. The molecular weight excluding hydrogens is 384 g/mol. The van der Waals surface area contributed by atoms with Crippen LogP contribution in [0.2, 0.25) is 0 Å². The van der Waals surface area contributed by atoms with E-state index in [0.717, 1.165) is 11.1 Å². The normalized spacial score (nSPS) is 10.6. The van der Waals surface area contributed by atoms with E-state index in [2.05, 4.69) is 10.3 Å². The summed E-state index contributed by atoms with van der Waals surface area (Å²) in [6.07, 6.45) is 2.86. The number of rotatable bonds is 6. The number of oxazole rings is 1. The van der Waals surface area contributed by atoms with Crippen LogP contribution in [0.4, 0.5) is 5.69 Å². The third kappa shape index (κ3) is 4.15. The van der Waals surface area contributed by atoms with E-state index >= 15 is 0 Å². The summed E-state index contributed by atoms with van der Waals surface area (Å²) in [4.78, 5) is 29.4. The van der Waals surface area contributed by atoms with E-state index in [1.807, 2.05) is 30.3 Å². The van der Waals surface area contributed by atoms with Crippen molar-refractivity contribution in [1.82, 2.24) is 4.98 Å². The lowest BCUT2D eigenvalue weighted by atomic mass is 10.1. The number of aromatic nitrogens is 1. The molecule has 0 aliphatic carbocycles. The van der Waals surface area contributed by atoms with E-state index in [-0.39, 0.29) is 17.9 Å². The minimum absolute atomic E-state index is 0.0608. The molecule has 1 amide bonds. The zero-order valence-electron chi connectivity index (χ0n) is 16.1. The second-order valence-electron chi connectivity index (χ2n) is 6.52. The molecule has 0 saturated heterocycles. The highest BCUT2D eigenvalue weighted by Crippen LogP contribution is 2.23. The minimum atomic E-state index is -0.585. The van der Waals surface area contributed by atoms with Crippen molar-refractivity contribution >= 4 is 17.6 Å². The lowest BCUT2D eigenvalue weighted by molar-refractivity contribution is 0.0469. The van der Waals surface area contributed by atoms with E-state index in [0.29, 0.717) is 17.3 Å². The van der Waals surface area contributed by atoms with Gasteiger partial charge in [-0.05, 0) is 42.8 Å². The Kier molecular flexibility index (Phi) is 5.43. The van der Waals surface area contributed by atoms with Crippen LogP contribution in [0.1, 0.15) is 32.2 Å². The molecule has 0 spiro atoms. The van der Waals surface area contributed by atoms with Gasteiger partial charge in [0, 0.05) is 5.56 Å². The Morgan fingerprint density at radius 2 is 1.83 bits per heavy atom. The molecule has 0 aliphatic rings. The Hall–Kier alpha value is -4.13. The van der Waals surface area contributed by atoms with Crippen LogP contribution in [-0.4, -0.2) is 16.9 Å². The van der Waals surface area contributed by atoms with Crippen LogP contribution in [0.5, 0.6) is 0 Å². The van der Waals surface area contributed by atoms with E-state index in [4.69, 9.17) is 13.6 Å². The van der Waals surface area contributed by atoms with Gasteiger partial charge in [-0.3, -0.25) is 4.79 Å². The van der Waals surface area contributed by atoms with Gasteiger partial charge in [-0.1, -0.05) is 30.3 Å². The molecular formula is C23H18N2O5. The number of carbonyl (C=O) groups excluding carboxylic acids is 2. The second kappa shape index (κ2) is 8.48. The Balaban J connectivity index is 1.47. The van der Waals surface area contributed by atoms with Gasteiger partial charge >= 0.3 is 5.97 Å². The Labute approximate surface area is 172 Å². The fourth-order valence-corrected chi connectivity index (χ4v) is 2.89. The van der Waals surface area contributed by atoms with Crippen LogP contribution >= 0.6 is 0 Å². The smallest absolute Gasteiger partial charge is 0.340 e. The van der Waals surface area contributed by atoms with Gasteiger partial charge in [-0.15, -0.1) is 0 Å². The average Bonchev–Trinajstić information content (AvgIpc) is 3.46. The van der Waals surface area contributed by atoms with E-state index in [9.17, 15) is 9.59 Å². The number of esters is 1. The first-order valence-electron chi connectivity index (χ1n) is 9.23. The zero-order chi connectivity index (χ0) is 20.9. The molecule has 0 bridgehead atoms. The number of nitrogens with zero attached hydrogens (tertiary/aromatic N) is 1. The molecule has 0 saturated carbocycles. The Bertz CT molecular complexity index is 1160. The topological polar surface area (TPSA) is 94.6 Å². The zero-order valence-corrected chi connectivity index (χ0v) is 16.1. The van der Waals surface area contributed by atoms with Crippen molar-refractivity contribution in [2.45, 2.75) is 13.5 Å². The maximum absolute atomic E-state index is 12.7. The second-order valence-corrected chi connectivity index (χ2v) is 6.52. The number of ether oxygens (including phenoxy) is 1. The summed E-state index contributed by atoms with van der Waals surface area (Å²) < 4.78 is 16.0. The standard InChI is InChI=1S/C23H18N2O5/c1-15-7-5-10-18(20(15)25-21(26)19-11-6-12-28-19)23(27)30-14-17-13-29-22(24-17)16-8-3-2-4-9-16/h2-13H,14H2,1H3,(H,25,26). The SMILES string of the molecule is Cc1cccc(C(=O)OCc2coc(-c3ccccc3)n2)c1NC(=O)c1ccco1. The molecule has 2 heterocycles. The van der Waals surface area contributed by atoms with Gasteiger partial charge in [0.05, 0.1) is 17.5 Å². The first kappa shape index (κ1) is 19.2. The molecule has 0 radical (unpaired) electrons. The monoisotopic (exact) mass is 402 g/mol. The maximum Gasteiger partial charge on any atom is 0.340 e. The molecule has 150 valence electrons. The molecule has 7 nitrogen and oxygen atoms in total. The van der Waals surface area contributed by atoms with Gasteiger partial charge < -0.3 is 18.9 Å². The quantitative estimate of drug-likeness (QED) is 0.463. The Morgan fingerprint density at radius 1 is 1.00 bits per heavy atom. The average molecular weight is 402 g/mol. The molecule has 0 fully saturated rings. The van der Waals surface area contributed by atoms with Crippen LogP contribution < -0.4 is 5.32 Å². The fraction of sp³-hybridized carbons (Fsp3) is 0.0870. The van der Waals surface area contributed by atoms with E-state index < -0.39 is 11.9 Å². The number of benzene rings is 2. The summed E-state index contributed by atoms with van der Waals surface area (Å²) in [5.41, 5.74) is 2.64. The molecule has 4 aromatic rings. The number of hydrogen-bond donors (Lipinski definition) is 1. The van der Waals surface area contributed by atoms with Gasteiger partial charge in [0.25, 0.3) is 5.91 Å². The molecule has 4 rings (SSSR count). The number of carbonyl (C=O) groups is 2. The number of aryl methyl sites for hydroxylation is 1. The molecule has 30 heavy (non-hydrogen) atoms. The van der Waals surface area contributed by atoms with Crippen LogP contribution in [0.25, 0.3) is 11.5 Å². The lowest BCUT2D eigenvalue weighted by Crippen LogP contribution is -2.16. The van der Waals surface area contributed by atoms with Crippen molar-refractivity contribution in [2.75, 3.05) is 5.32 Å². The van der Waals surface area contributed by atoms with Crippen molar-refractivity contribution in [3.8, 4) is 11.5 Å². The summed E-state index contributed by atoms with van der Waals surface area (Å²) >= 11 is 0. The maximum atomic E-state index is 12.7. The van der Waals surface area contributed by atoms with Crippen molar-refractivity contribution in [3.63, 3.8) is 0 Å². The molecule has 1 N–H and O–H groups in total. The van der Waals surface area contributed by atoms with Crippen molar-refractivity contribution in [2.24, 2.45) is 0 Å². The first-order chi connectivity index (χ1) is 14.6. The molecule has 0 unspecified atom stereocenters. The molecule has 7 heteroatoms. The number of anilines is 1. The molecule has 0 aliphatic heterocycles. The number of amides is 1. The third-order valence-corrected chi connectivity index (χ3v) is 4.40. The van der Waals surface area contributed by atoms with Gasteiger partial charge in [-0.2, -0.15) is 0 Å². The Morgan fingerprint density at radius 3 is 2.60 bits per heavy atom. The fourth-order valence-electron chi connectivity index (χ4n) is 2.89. The van der Waals surface area contributed by atoms with Gasteiger partial charge in [0.2, 0.25) is 5.89 Å². The van der Waals surface area contributed by atoms with Gasteiger partial charge in [0.15, 0.2) is 5.76 Å². The molecule has 0 atom stereocenters. The highest BCUT2D eigenvalue weighted by Gasteiger charge is 2.19. The van der Waals surface area contributed by atoms with Gasteiger partial charge in [-0.25, -0.2) is 9.78 Å². The summed E-state index contributed by atoms with van der Waals surface area (Å²) in [5, 5.41) is 2.72. The first-order valence-corrected chi connectivity index (χ1v) is 9.23. The number of para-hydroxylation sites is 1. The predicted octanol–water partition coefficient (Wildman–Crippen LogP) is 4.85. The predicted molar refractivity (Wildman–Crippen MR) is 109 cm³/mol. The summed E-state index contributed by atoms with van der Waals surface area (Å²) in [5.74, 6) is -0.442. The van der Waals surface area contributed by atoms with E-state index in [1.54, 1.807) is 37.3 Å². The van der Waals surface area contributed by atoms with Crippen LogP contribution in [0, 0.1) is 6.92 Å². The highest BCUT2D eigenvalue weighted by atomic mass is 16.5. The van der Waals surface area contributed by atoms with E-state index in [1.165, 1.54) is 12.5 Å².